The molecule has 134 valence electrons. The average Bonchev–Trinajstić information content (AvgIpc) is 2.90. The van der Waals surface area contributed by atoms with Crippen molar-refractivity contribution < 1.29 is 5.11 Å². The van der Waals surface area contributed by atoms with E-state index in [-0.39, 0.29) is 5.92 Å². The first-order valence-electron chi connectivity index (χ1n) is 9.50. The van der Waals surface area contributed by atoms with Gasteiger partial charge in [-0.15, -0.1) is 0 Å². The molecular weight excluding hydrogens is 341 g/mol. The summed E-state index contributed by atoms with van der Waals surface area (Å²) in [6.45, 7) is 3.32. The van der Waals surface area contributed by atoms with Gasteiger partial charge in [0.05, 0.1) is 5.60 Å². The molecule has 2 fully saturated rings. The smallest absolute Gasteiger partial charge is 0.0951 e. The zero-order valence-corrected chi connectivity index (χ0v) is 16.0. The Labute approximate surface area is 156 Å². The monoisotopic (exact) mass is 369 g/mol. The minimum absolute atomic E-state index is 0.247. The van der Waals surface area contributed by atoms with Gasteiger partial charge in [-0.1, -0.05) is 61.4 Å². The molecular formula is C20H29Cl2NO. The number of hydrogen-bond acceptors (Lipinski definition) is 2. The molecule has 4 heteroatoms. The third-order valence-electron chi connectivity index (χ3n) is 5.86. The van der Waals surface area contributed by atoms with Gasteiger partial charge in [0.1, 0.15) is 0 Å². The highest BCUT2D eigenvalue weighted by molar-refractivity contribution is 6.35. The van der Waals surface area contributed by atoms with Crippen molar-refractivity contribution in [2.24, 2.45) is 5.92 Å². The first-order valence-corrected chi connectivity index (χ1v) is 10.3. The molecule has 2 unspecified atom stereocenters. The van der Waals surface area contributed by atoms with Gasteiger partial charge in [0, 0.05) is 28.1 Å². The molecule has 0 aromatic heterocycles. The SMILES string of the molecule is OC1(c2ccc(Cl)cc2Cl)CCCCCC1CN1CCCCCC1. The lowest BCUT2D eigenvalue weighted by Crippen LogP contribution is -2.42. The van der Waals surface area contributed by atoms with Crippen molar-refractivity contribution in [3.05, 3.63) is 33.8 Å². The molecule has 1 heterocycles. The number of hydrogen-bond donors (Lipinski definition) is 1. The van der Waals surface area contributed by atoms with Gasteiger partial charge in [-0.3, -0.25) is 0 Å². The fourth-order valence-corrected chi connectivity index (χ4v) is 5.04. The van der Waals surface area contributed by atoms with Gasteiger partial charge in [0.2, 0.25) is 0 Å². The van der Waals surface area contributed by atoms with Crippen LogP contribution in [-0.4, -0.2) is 29.6 Å². The van der Waals surface area contributed by atoms with Crippen molar-refractivity contribution >= 4 is 23.2 Å². The van der Waals surface area contributed by atoms with E-state index < -0.39 is 5.60 Å². The number of likely N-dealkylation sites (tertiary alicyclic amines) is 1. The van der Waals surface area contributed by atoms with Gasteiger partial charge in [0.15, 0.2) is 0 Å². The Hall–Kier alpha value is -0.280. The Morgan fingerprint density at radius 2 is 1.71 bits per heavy atom. The maximum atomic E-state index is 11.7. The standard InChI is InChI=1S/C20H29Cl2NO/c21-17-9-10-18(19(22)14-17)20(24)11-5-3-4-8-16(20)15-23-12-6-1-2-7-13-23/h9-10,14,16,24H,1-8,11-13,15H2. The molecule has 1 aliphatic heterocycles. The van der Waals surface area contributed by atoms with Crippen LogP contribution in [0.5, 0.6) is 0 Å². The van der Waals surface area contributed by atoms with Gasteiger partial charge in [0.25, 0.3) is 0 Å². The summed E-state index contributed by atoms with van der Waals surface area (Å²) in [6.07, 6.45) is 10.6. The summed E-state index contributed by atoms with van der Waals surface area (Å²) in [5, 5.41) is 12.9. The molecule has 0 amide bonds. The summed E-state index contributed by atoms with van der Waals surface area (Å²) < 4.78 is 0. The van der Waals surface area contributed by atoms with Crippen LogP contribution in [0.25, 0.3) is 0 Å². The van der Waals surface area contributed by atoms with Crippen LogP contribution in [0.3, 0.4) is 0 Å². The Morgan fingerprint density at radius 1 is 1.00 bits per heavy atom. The Morgan fingerprint density at radius 3 is 2.42 bits per heavy atom. The number of rotatable bonds is 3. The minimum Gasteiger partial charge on any atom is -0.385 e. The lowest BCUT2D eigenvalue weighted by atomic mass is 9.77. The molecule has 2 nitrogen and oxygen atoms in total. The van der Waals surface area contributed by atoms with E-state index in [9.17, 15) is 5.11 Å². The van der Waals surface area contributed by atoms with E-state index in [1.165, 1.54) is 51.6 Å². The number of halogens is 2. The van der Waals surface area contributed by atoms with Crippen LogP contribution in [0.1, 0.15) is 63.4 Å². The maximum Gasteiger partial charge on any atom is 0.0951 e. The highest BCUT2D eigenvalue weighted by Gasteiger charge is 2.41. The molecule has 2 aliphatic rings. The largest absolute Gasteiger partial charge is 0.385 e. The van der Waals surface area contributed by atoms with Gasteiger partial charge >= 0.3 is 0 Å². The molecule has 1 aromatic carbocycles. The van der Waals surface area contributed by atoms with Gasteiger partial charge in [-0.2, -0.15) is 0 Å². The van der Waals surface area contributed by atoms with Crippen molar-refractivity contribution in [1.29, 1.82) is 0 Å². The lowest BCUT2D eigenvalue weighted by Gasteiger charge is -2.39. The Balaban J connectivity index is 1.85. The van der Waals surface area contributed by atoms with Crippen LogP contribution < -0.4 is 0 Å². The van der Waals surface area contributed by atoms with Crippen molar-refractivity contribution in [2.75, 3.05) is 19.6 Å². The van der Waals surface area contributed by atoms with Crippen LogP contribution in [0, 0.1) is 5.92 Å². The molecule has 0 bridgehead atoms. The van der Waals surface area contributed by atoms with Crippen molar-refractivity contribution in [3.8, 4) is 0 Å². The zero-order chi connectivity index (χ0) is 17.0. The Bertz CT molecular complexity index is 542. The third kappa shape index (κ3) is 4.27. The van der Waals surface area contributed by atoms with Crippen molar-refractivity contribution in [3.63, 3.8) is 0 Å². The highest BCUT2D eigenvalue weighted by Crippen LogP contribution is 2.44. The summed E-state index contributed by atoms with van der Waals surface area (Å²) in [7, 11) is 0. The molecule has 2 atom stereocenters. The third-order valence-corrected chi connectivity index (χ3v) is 6.41. The second-order valence-corrected chi connectivity index (χ2v) is 8.40. The van der Waals surface area contributed by atoms with E-state index in [2.05, 4.69) is 4.90 Å². The first kappa shape index (κ1) is 18.5. The molecule has 1 saturated heterocycles. The molecule has 1 saturated carbocycles. The molecule has 1 aliphatic carbocycles. The van der Waals surface area contributed by atoms with Gasteiger partial charge < -0.3 is 10.0 Å². The van der Waals surface area contributed by atoms with Gasteiger partial charge in [-0.05, 0) is 50.9 Å². The molecule has 24 heavy (non-hydrogen) atoms. The van der Waals surface area contributed by atoms with Crippen LogP contribution in [-0.2, 0) is 5.60 Å². The summed E-state index contributed by atoms with van der Waals surface area (Å²) in [6, 6.07) is 5.56. The second-order valence-electron chi connectivity index (χ2n) is 7.56. The van der Waals surface area contributed by atoms with Crippen LogP contribution in [0.2, 0.25) is 10.0 Å². The summed E-state index contributed by atoms with van der Waals surface area (Å²) in [5.74, 6) is 0.247. The molecule has 1 N–H and O–H groups in total. The second kappa shape index (κ2) is 8.40. The Kier molecular flexibility index (Phi) is 6.48. The minimum atomic E-state index is -0.829. The molecule has 3 rings (SSSR count). The van der Waals surface area contributed by atoms with E-state index in [4.69, 9.17) is 23.2 Å². The van der Waals surface area contributed by atoms with E-state index in [1.807, 2.05) is 12.1 Å². The highest BCUT2D eigenvalue weighted by atomic mass is 35.5. The topological polar surface area (TPSA) is 23.5 Å². The average molecular weight is 370 g/mol. The first-order chi connectivity index (χ1) is 11.6. The van der Waals surface area contributed by atoms with Gasteiger partial charge in [-0.25, -0.2) is 0 Å². The zero-order valence-electron chi connectivity index (χ0n) is 14.4. The van der Waals surface area contributed by atoms with E-state index in [1.54, 1.807) is 6.07 Å². The summed E-state index contributed by atoms with van der Waals surface area (Å²) >= 11 is 12.6. The normalized spacial score (nSPS) is 29.9. The predicted molar refractivity (Wildman–Crippen MR) is 102 cm³/mol. The van der Waals surface area contributed by atoms with E-state index in [0.717, 1.165) is 31.4 Å². The fraction of sp³-hybridized carbons (Fsp3) is 0.700. The van der Waals surface area contributed by atoms with E-state index >= 15 is 0 Å². The predicted octanol–water partition coefficient (Wildman–Crippen LogP) is 5.64. The van der Waals surface area contributed by atoms with Crippen LogP contribution in [0.15, 0.2) is 18.2 Å². The molecule has 0 spiro atoms. The van der Waals surface area contributed by atoms with Crippen molar-refractivity contribution in [1.82, 2.24) is 4.90 Å². The van der Waals surface area contributed by atoms with Crippen LogP contribution in [0.4, 0.5) is 0 Å². The summed E-state index contributed by atoms with van der Waals surface area (Å²) in [5.41, 5.74) is 0.0417. The fourth-order valence-electron chi connectivity index (χ4n) is 4.47. The maximum absolute atomic E-state index is 11.7. The summed E-state index contributed by atoms with van der Waals surface area (Å²) in [4.78, 5) is 2.57. The van der Waals surface area contributed by atoms with Crippen LogP contribution >= 0.6 is 23.2 Å². The molecule has 0 radical (unpaired) electrons. The number of benzene rings is 1. The number of aliphatic hydroxyl groups is 1. The quantitative estimate of drug-likeness (QED) is 0.697. The lowest BCUT2D eigenvalue weighted by molar-refractivity contribution is -0.0427. The van der Waals surface area contributed by atoms with E-state index in [0.29, 0.717) is 10.0 Å². The van der Waals surface area contributed by atoms with Crippen molar-refractivity contribution in [2.45, 2.75) is 63.4 Å². The molecule has 1 aromatic rings. The number of nitrogens with zero attached hydrogens (tertiary/aromatic N) is 1.